The third kappa shape index (κ3) is 6.11. The Labute approximate surface area is 206 Å². The fraction of sp³-hybridized carbons (Fsp3) is 0.318. The van der Waals surface area contributed by atoms with E-state index in [2.05, 4.69) is 15.2 Å². The van der Waals surface area contributed by atoms with Crippen LogP contribution < -0.4 is 14.4 Å². The van der Waals surface area contributed by atoms with E-state index in [-0.39, 0.29) is 11.6 Å². The number of nitrogens with one attached hydrogen (secondary N) is 1. The number of ether oxygens (including phenoxy) is 1. The number of piperazine rings is 1. The van der Waals surface area contributed by atoms with Crippen LogP contribution >= 0.6 is 11.3 Å². The van der Waals surface area contributed by atoms with Crippen LogP contribution in [0.25, 0.3) is 11.1 Å². The number of amides is 2. The molecule has 0 aliphatic carbocycles. The predicted octanol–water partition coefficient (Wildman–Crippen LogP) is 1.65. The molecule has 3 aromatic heterocycles. The summed E-state index contributed by atoms with van der Waals surface area (Å²) in [6.45, 7) is 4.58. The number of pyridine rings is 1. The van der Waals surface area contributed by atoms with Gasteiger partial charge in [0.1, 0.15) is 5.75 Å². The average molecular weight is 517 g/mol. The highest BCUT2D eigenvalue weighted by Crippen LogP contribution is 2.28. The van der Waals surface area contributed by atoms with Crippen LogP contribution in [-0.2, 0) is 10.0 Å². The highest BCUT2D eigenvalue weighted by molar-refractivity contribution is 7.89. The lowest BCUT2D eigenvalue weighted by molar-refractivity contribution is 0.0751. The largest absolute Gasteiger partial charge is 0.492 e. The maximum Gasteiger partial charge on any atom is 0.285 e. The van der Waals surface area contributed by atoms with E-state index in [4.69, 9.17) is 4.74 Å². The van der Waals surface area contributed by atoms with Gasteiger partial charge in [0, 0.05) is 37.9 Å². The molecule has 0 spiro atoms. The van der Waals surface area contributed by atoms with Crippen LogP contribution in [0.5, 0.6) is 5.75 Å². The van der Waals surface area contributed by atoms with Gasteiger partial charge in [-0.15, -0.1) is 21.5 Å². The third-order valence-corrected chi connectivity index (χ3v) is 6.69. The van der Waals surface area contributed by atoms with Crippen molar-refractivity contribution in [1.82, 2.24) is 24.8 Å². The smallest absolute Gasteiger partial charge is 0.285 e. The summed E-state index contributed by atoms with van der Waals surface area (Å²) >= 11 is 1.39. The molecule has 1 aliphatic rings. The normalized spacial score (nSPS) is 14.0. The molecule has 0 saturated carbocycles. The maximum atomic E-state index is 13.0. The molecule has 0 unspecified atom stereocenters. The van der Waals surface area contributed by atoms with Crippen LogP contribution in [0.3, 0.4) is 0 Å². The lowest BCUT2D eigenvalue weighted by atomic mass is 10.1. The van der Waals surface area contributed by atoms with E-state index in [0.717, 1.165) is 17.4 Å². The van der Waals surface area contributed by atoms with Crippen molar-refractivity contribution in [2.24, 2.45) is 0 Å². The fourth-order valence-corrected chi connectivity index (χ4v) is 4.88. The molecule has 0 atom stereocenters. The highest BCUT2D eigenvalue weighted by atomic mass is 32.2. The number of carbonyl (C=O) groups excluding carboxylic acids is 2. The Morgan fingerprint density at radius 3 is 2.51 bits per heavy atom. The second-order valence-electron chi connectivity index (χ2n) is 7.80. The van der Waals surface area contributed by atoms with E-state index in [1.165, 1.54) is 17.4 Å². The molecule has 184 valence electrons. The Bertz CT molecular complexity index is 1320. The molecule has 2 amide bonds. The van der Waals surface area contributed by atoms with E-state index in [9.17, 15) is 18.0 Å². The zero-order chi connectivity index (χ0) is 25.0. The predicted molar refractivity (Wildman–Crippen MR) is 131 cm³/mol. The molecular formula is C22H24N6O5S2. The van der Waals surface area contributed by atoms with Gasteiger partial charge in [-0.1, -0.05) is 0 Å². The van der Waals surface area contributed by atoms with E-state index in [1.54, 1.807) is 23.4 Å². The van der Waals surface area contributed by atoms with Gasteiger partial charge < -0.3 is 14.5 Å². The Morgan fingerprint density at radius 1 is 1.09 bits per heavy atom. The SMILES string of the molecule is CCOc1cncc(-c2csc(C(=O)N3CCN(c4ccc(C(=O)NS(C)(=O)=O)nn4)CC3)c2)c1. The quantitative estimate of drug-likeness (QED) is 0.497. The lowest BCUT2D eigenvalue weighted by Gasteiger charge is -2.35. The molecule has 0 radical (unpaired) electrons. The Kier molecular flexibility index (Phi) is 7.26. The maximum absolute atomic E-state index is 13.0. The van der Waals surface area contributed by atoms with Crippen LogP contribution in [0.4, 0.5) is 5.82 Å². The lowest BCUT2D eigenvalue weighted by Crippen LogP contribution is -2.49. The van der Waals surface area contributed by atoms with Crippen LogP contribution in [0.1, 0.15) is 27.1 Å². The van der Waals surface area contributed by atoms with Crippen LogP contribution in [0, 0.1) is 0 Å². The second kappa shape index (κ2) is 10.4. The van der Waals surface area contributed by atoms with Gasteiger partial charge in [-0.3, -0.25) is 14.6 Å². The molecule has 0 aromatic carbocycles. The molecule has 4 rings (SSSR count). The molecule has 35 heavy (non-hydrogen) atoms. The Morgan fingerprint density at radius 2 is 1.86 bits per heavy atom. The van der Waals surface area contributed by atoms with Crippen molar-refractivity contribution < 1.29 is 22.7 Å². The average Bonchev–Trinajstić information content (AvgIpc) is 3.34. The number of hydrogen-bond acceptors (Lipinski definition) is 10. The molecule has 11 nitrogen and oxygen atoms in total. The van der Waals surface area contributed by atoms with Crippen molar-refractivity contribution in [3.63, 3.8) is 0 Å². The number of thiophene rings is 1. The topological polar surface area (TPSA) is 135 Å². The van der Waals surface area contributed by atoms with Gasteiger partial charge in [-0.2, -0.15) is 0 Å². The molecule has 13 heteroatoms. The third-order valence-electron chi connectivity index (χ3n) is 5.22. The summed E-state index contributed by atoms with van der Waals surface area (Å²) in [4.78, 5) is 33.5. The standard InChI is InChI=1S/C22H24N6O5S2/c1-3-33-17-10-15(12-23-13-17)16-11-19(34-14-16)22(30)28-8-6-27(7-9-28)20-5-4-18(24-25-20)21(29)26-35(2,31)32/h4-5,10-14H,3,6-9H2,1-2H3,(H,26,29). The zero-order valence-corrected chi connectivity index (χ0v) is 20.8. The first-order valence-corrected chi connectivity index (χ1v) is 13.6. The first kappa shape index (κ1) is 24.5. The molecule has 4 heterocycles. The Hall–Kier alpha value is -3.58. The molecule has 0 bridgehead atoms. The van der Waals surface area contributed by atoms with E-state index in [1.807, 2.05) is 34.1 Å². The number of carbonyl (C=O) groups is 2. The summed E-state index contributed by atoms with van der Waals surface area (Å²) in [7, 11) is -3.68. The summed E-state index contributed by atoms with van der Waals surface area (Å²) in [6, 6.07) is 6.81. The summed E-state index contributed by atoms with van der Waals surface area (Å²) < 4.78 is 29.8. The van der Waals surface area contributed by atoms with E-state index in [0.29, 0.717) is 49.2 Å². The fourth-order valence-electron chi connectivity index (χ4n) is 3.55. The highest BCUT2D eigenvalue weighted by Gasteiger charge is 2.24. The van der Waals surface area contributed by atoms with Gasteiger partial charge >= 0.3 is 0 Å². The van der Waals surface area contributed by atoms with Crippen LogP contribution in [-0.4, -0.2) is 79.4 Å². The minimum Gasteiger partial charge on any atom is -0.492 e. The number of anilines is 1. The minimum absolute atomic E-state index is 0.0336. The van der Waals surface area contributed by atoms with E-state index < -0.39 is 15.9 Å². The van der Waals surface area contributed by atoms with Crippen molar-refractivity contribution in [2.75, 3.05) is 43.9 Å². The van der Waals surface area contributed by atoms with Gasteiger partial charge in [0.15, 0.2) is 11.5 Å². The molecule has 1 N–H and O–H groups in total. The van der Waals surface area contributed by atoms with Gasteiger partial charge in [0.2, 0.25) is 10.0 Å². The summed E-state index contributed by atoms with van der Waals surface area (Å²) in [5.41, 5.74) is 1.72. The van der Waals surface area contributed by atoms with Crippen LogP contribution in [0.2, 0.25) is 0 Å². The van der Waals surface area contributed by atoms with Crippen molar-refractivity contribution in [2.45, 2.75) is 6.92 Å². The zero-order valence-electron chi connectivity index (χ0n) is 19.2. The van der Waals surface area contributed by atoms with E-state index >= 15 is 0 Å². The monoisotopic (exact) mass is 516 g/mol. The number of rotatable bonds is 7. The second-order valence-corrected chi connectivity index (χ2v) is 10.5. The molecular weight excluding hydrogens is 492 g/mol. The Balaban J connectivity index is 1.36. The van der Waals surface area contributed by atoms with Gasteiger partial charge in [0.25, 0.3) is 11.8 Å². The summed E-state index contributed by atoms with van der Waals surface area (Å²) in [6.07, 6.45) is 4.30. The van der Waals surface area contributed by atoms with Gasteiger partial charge in [-0.25, -0.2) is 13.1 Å². The van der Waals surface area contributed by atoms with Crippen molar-refractivity contribution in [3.8, 4) is 16.9 Å². The number of nitrogens with zero attached hydrogens (tertiary/aromatic N) is 5. The molecule has 1 saturated heterocycles. The number of aromatic nitrogens is 3. The number of sulfonamides is 1. The van der Waals surface area contributed by atoms with Gasteiger partial charge in [-0.05, 0) is 42.1 Å². The first-order valence-electron chi connectivity index (χ1n) is 10.8. The van der Waals surface area contributed by atoms with Crippen molar-refractivity contribution >= 4 is 39.0 Å². The summed E-state index contributed by atoms with van der Waals surface area (Å²) in [5, 5.41) is 9.81. The number of hydrogen-bond donors (Lipinski definition) is 1. The van der Waals surface area contributed by atoms with Gasteiger partial charge in [0.05, 0.1) is 23.9 Å². The molecule has 1 aliphatic heterocycles. The first-order chi connectivity index (χ1) is 16.7. The molecule has 3 aromatic rings. The van der Waals surface area contributed by atoms with Crippen molar-refractivity contribution in [1.29, 1.82) is 0 Å². The van der Waals surface area contributed by atoms with Crippen molar-refractivity contribution in [3.05, 3.63) is 52.6 Å². The minimum atomic E-state index is -3.68. The van der Waals surface area contributed by atoms with Crippen LogP contribution in [0.15, 0.2) is 42.0 Å². The molecule has 1 fully saturated rings. The summed E-state index contributed by atoms with van der Waals surface area (Å²) in [5.74, 6) is 0.367.